The van der Waals surface area contributed by atoms with Crippen molar-refractivity contribution in [2.45, 2.75) is 49.8 Å². The van der Waals surface area contributed by atoms with Gasteiger partial charge in [-0.05, 0) is 65.3 Å². The maximum Gasteiger partial charge on any atom is 0.410 e. The summed E-state index contributed by atoms with van der Waals surface area (Å²) in [6.45, 7) is 2.89. The molecule has 5 nitrogen and oxygen atoms in total. The van der Waals surface area contributed by atoms with Crippen LogP contribution < -0.4 is 0 Å². The second kappa shape index (κ2) is 9.02. The summed E-state index contributed by atoms with van der Waals surface area (Å²) in [5.74, 6) is -0.311. The first-order chi connectivity index (χ1) is 17.4. The zero-order chi connectivity index (χ0) is 24.9. The van der Waals surface area contributed by atoms with Crippen molar-refractivity contribution in [2.75, 3.05) is 19.8 Å². The number of fused-ring (bicyclic) bond motifs is 5. The molecular formula is C30H30FNO4. The maximum absolute atomic E-state index is 13.9. The van der Waals surface area contributed by atoms with Crippen molar-refractivity contribution >= 4 is 6.09 Å². The predicted molar refractivity (Wildman–Crippen MR) is 134 cm³/mol. The van der Waals surface area contributed by atoms with E-state index in [1.165, 1.54) is 34.4 Å². The molecule has 3 aliphatic rings. The van der Waals surface area contributed by atoms with E-state index in [1.54, 1.807) is 11.0 Å². The van der Waals surface area contributed by atoms with Crippen LogP contribution in [-0.2, 0) is 15.9 Å². The fourth-order valence-electron chi connectivity index (χ4n) is 6.37. The normalized spacial score (nSPS) is 24.8. The zero-order valence-electron chi connectivity index (χ0n) is 20.3. The predicted octanol–water partition coefficient (Wildman–Crippen LogP) is 5.22. The van der Waals surface area contributed by atoms with E-state index in [-0.39, 0.29) is 36.5 Å². The molecule has 1 N–H and O–H groups in total. The van der Waals surface area contributed by atoms with Crippen molar-refractivity contribution in [3.05, 3.63) is 94.8 Å². The summed E-state index contributed by atoms with van der Waals surface area (Å²) in [5, 5.41) is 11.5. The van der Waals surface area contributed by atoms with Gasteiger partial charge < -0.3 is 14.6 Å². The van der Waals surface area contributed by atoms with Gasteiger partial charge in [-0.15, -0.1) is 0 Å². The average molecular weight is 488 g/mol. The van der Waals surface area contributed by atoms with Crippen molar-refractivity contribution in [1.29, 1.82) is 0 Å². The minimum Gasteiger partial charge on any atom is -0.448 e. The average Bonchev–Trinajstić information content (AvgIpc) is 3.18. The maximum atomic E-state index is 13.9. The van der Waals surface area contributed by atoms with E-state index >= 15 is 0 Å². The van der Waals surface area contributed by atoms with E-state index < -0.39 is 5.60 Å². The molecular weight excluding hydrogens is 457 g/mol. The molecule has 0 aromatic heterocycles. The second-order valence-corrected chi connectivity index (χ2v) is 10.4. The van der Waals surface area contributed by atoms with Crippen molar-refractivity contribution in [2.24, 2.45) is 0 Å². The number of piperidine rings is 1. The van der Waals surface area contributed by atoms with Crippen molar-refractivity contribution in [1.82, 2.24) is 4.90 Å². The van der Waals surface area contributed by atoms with Gasteiger partial charge in [0.05, 0.1) is 30.9 Å². The van der Waals surface area contributed by atoms with Crippen LogP contribution in [-0.4, -0.2) is 53.6 Å². The highest BCUT2D eigenvalue weighted by Gasteiger charge is 2.49. The van der Waals surface area contributed by atoms with Crippen LogP contribution in [0.25, 0.3) is 11.1 Å². The molecule has 36 heavy (non-hydrogen) atoms. The number of amides is 1. The van der Waals surface area contributed by atoms with E-state index in [4.69, 9.17) is 9.47 Å². The molecule has 0 radical (unpaired) electrons. The van der Waals surface area contributed by atoms with Crippen LogP contribution in [0.2, 0.25) is 0 Å². The molecule has 3 aromatic carbocycles. The number of benzene rings is 3. The number of carbonyl (C=O) groups is 1. The SMILES string of the molecule is Cc1ccc(F)cc1CC1(O)CC2COCC(C1)N2C(=O)OCC1c2ccccc2-c2ccccc21. The topological polar surface area (TPSA) is 59.0 Å². The first kappa shape index (κ1) is 23.2. The van der Waals surface area contributed by atoms with Crippen molar-refractivity contribution in [3.63, 3.8) is 0 Å². The Labute approximate surface area is 210 Å². The monoisotopic (exact) mass is 487 g/mol. The summed E-state index contributed by atoms with van der Waals surface area (Å²) in [5.41, 5.74) is 5.45. The Kier molecular flexibility index (Phi) is 5.81. The molecule has 2 heterocycles. The lowest BCUT2D eigenvalue weighted by Crippen LogP contribution is -2.64. The Morgan fingerprint density at radius 1 is 1.03 bits per heavy atom. The number of morpholine rings is 1. The van der Waals surface area contributed by atoms with Crippen LogP contribution in [0.15, 0.2) is 66.7 Å². The minimum atomic E-state index is -1.03. The molecule has 0 saturated carbocycles. The molecule has 2 unspecified atom stereocenters. The molecule has 186 valence electrons. The fourth-order valence-corrected chi connectivity index (χ4v) is 6.37. The molecule has 3 aromatic rings. The lowest BCUT2D eigenvalue weighted by Gasteiger charge is -2.51. The van der Waals surface area contributed by atoms with Gasteiger partial charge in [0.25, 0.3) is 0 Å². The molecule has 2 fully saturated rings. The summed E-state index contributed by atoms with van der Waals surface area (Å²) in [6, 6.07) is 20.6. The third kappa shape index (κ3) is 4.08. The number of hydrogen-bond acceptors (Lipinski definition) is 4. The number of ether oxygens (including phenoxy) is 2. The summed E-state index contributed by atoms with van der Waals surface area (Å²) >= 11 is 0. The van der Waals surface area contributed by atoms with Gasteiger partial charge in [-0.25, -0.2) is 9.18 Å². The smallest absolute Gasteiger partial charge is 0.410 e. The van der Waals surface area contributed by atoms with E-state index in [9.17, 15) is 14.3 Å². The largest absolute Gasteiger partial charge is 0.448 e. The van der Waals surface area contributed by atoms with E-state index in [0.717, 1.165) is 11.1 Å². The fraction of sp³-hybridized carbons (Fsp3) is 0.367. The van der Waals surface area contributed by atoms with Crippen LogP contribution in [0.5, 0.6) is 0 Å². The number of rotatable bonds is 4. The Balaban J connectivity index is 1.17. The second-order valence-electron chi connectivity index (χ2n) is 10.4. The van der Waals surface area contributed by atoms with Gasteiger partial charge >= 0.3 is 6.09 Å². The number of nitrogens with zero attached hydrogens (tertiary/aromatic N) is 1. The first-order valence-corrected chi connectivity index (χ1v) is 12.6. The number of carbonyl (C=O) groups excluding carboxylic acids is 1. The van der Waals surface area contributed by atoms with Gasteiger partial charge in [0.1, 0.15) is 12.4 Å². The molecule has 2 atom stereocenters. The lowest BCUT2D eigenvalue weighted by atomic mass is 9.77. The molecule has 6 rings (SSSR count). The highest BCUT2D eigenvalue weighted by molar-refractivity contribution is 5.79. The quantitative estimate of drug-likeness (QED) is 0.548. The third-order valence-electron chi connectivity index (χ3n) is 8.02. The minimum absolute atomic E-state index is 0.00452. The van der Waals surface area contributed by atoms with Crippen LogP contribution >= 0.6 is 0 Å². The molecule has 2 bridgehead atoms. The third-order valence-corrected chi connectivity index (χ3v) is 8.02. The number of aryl methyl sites for hydroxylation is 1. The Hall–Kier alpha value is -3.22. The van der Waals surface area contributed by atoms with Crippen molar-refractivity contribution in [3.8, 4) is 11.1 Å². The summed E-state index contributed by atoms with van der Waals surface area (Å²) < 4.78 is 25.5. The molecule has 2 saturated heterocycles. The summed E-state index contributed by atoms with van der Waals surface area (Å²) in [4.78, 5) is 15.1. The standard InChI is InChI=1S/C30H30FNO4/c1-19-10-11-21(31)12-20(19)13-30(34)14-22-16-35-17-23(15-30)32(22)29(33)36-18-28-26-8-4-2-6-24(26)25-7-3-5-9-27(25)28/h2-12,22-23,28,34H,13-18H2,1H3. The summed E-state index contributed by atoms with van der Waals surface area (Å²) in [7, 11) is 0. The Morgan fingerprint density at radius 2 is 1.64 bits per heavy atom. The zero-order valence-corrected chi connectivity index (χ0v) is 20.3. The summed E-state index contributed by atoms with van der Waals surface area (Å²) in [6.07, 6.45) is 0.717. The van der Waals surface area contributed by atoms with E-state index in [0.29, 0.717) is 32.5 Å². The van der Waals surface area contributed by atoms with Crippen LogP contribution in [0.1, 0.15) is 41.0 Å². The van der Waals surface area contributed by atoms with E-state index in [2.05, 4.69) is 24.3 Å². The number of halogens is 1. The highest BCUT2D eigenvalue weighted by Crippen LogP contribution is 2.45. The van der Waals surface area contributed by atoms with Crippen LogP contribution in [0, 0.1) is 12.7 Å². The van der Waals surface area contributed by atoms with Crippen molar-refractivity contribution < 1.29 is 23.8 Å². The first-order valence-electron chi connectivity index (χ1n) is 12.6. The Morgan fingerprint density at radius 3 is 2.28 bits per heavy atom. The van der Waals surface area contributed by atoms with Crippen LogP contribution in [0.3, 0.4) is 0 Å². The van der Waals surface area contributed by atoms with Gasteiger partial charge in [0, 0.05) is 12.3 Å². The Bertz CT molecular complexity index is 1250. The molecule has 1 amide bonds. The number of hydrogen-bond donors (Lipinski definition) is 1. The van der Waals surface area contributed by atoms with Gasteiger partial charge in [-0.2, -0.15) is 0 Å². The molecule has 0 spiro atoms. The van der Waals surface area contributed by atoms with Gasteiger partial charge in [-0.1, -0.05) is 54.6 Å². The molecule has 6 heteroatoms. The number of aliphatic hydroxyl groups is 1. The lowest BCUT2D eigenvalue weighted by molar-refractivity contribution is -0.132. The molecule has 1 aliphatic carbocycles. The van der Waals surface area contributed by atoms with Gasteiger partial charge in [-0.3, -0.25) is 4.90 Å². The highest BCUT2D eigenvalue weighted by atomic mass is 19.1. The van der Waals surface area contributed by atoms with Crippen LogP contribution in [0.4, 0.5) is 9.18 Å². The molecule has 2 aliphatic heterocycles. The van der Waals surface area contributed by atoms with Gasteiger partial charge in [0.2, 0.25) is 0 Å². The van der Waals surface area contributed by atoms with E-state index in [1.807, 2.05) is 31.2 Å². The van der Waals surface area contributed by atoms with Gasteiger partial charge in [0.15, 0.2) is 0 Å².